The summed E-state index contributed by atoms with van der Waals surface area (Å²) in [5.41, 5.74) is 1.08. The van der Waals surface area contributed by atoms with Gasteiger partial charge >= 0.3 is 0 Å². The zero-order chi connectivity index (χ0) is 18.1. The van der Waals surface area contributed by atoms with E-state index >= 15 is 0 Å². The molecule has 1 aliphatic rings. The molecule has 3 rings (SSSR count). The highest BCUT2D eigenvalue weighted by atomic mass is 19.1. The number of hydrogen-bond acceptors (Lipinski definition) is 3. The predicted molar refractivity (Wildman–Crippen MR) is 89.0 cm³/mol. The summed E-state index contributed by atoms with van der Waals surface area (Å²) >= 11 is 0. The molecule has 1 heterocycles. The first-order valence-corrected chi connectivity index (χ1v) is 7.72. The first-order valence-electron chi connectivity index (χ1n) is 7.72. The minimum atomic E-state index is -0.861. The Balaban J connectivity index is 2.16. The summed E-state index contributed by atoms with van der Waals surface area (Å²) < 4.78 is 27.7. The normalized spacial score (nSPS) is 16.6. The van der Waals surface area contributed by atoms with Crippen molar-refractivity contribution in [3.63, 3.8) is 0 Å². The van der Waals surface area contributed by atoms with Gasteiger partial charge in [-0.3, -0.25) is 9.59 Å². The topological polar surface area (TPSA) is 52.7 Å². The van der Waals surface area contributed by atoms with Crippen LogP contribution in [0.5, 0.6) is 0 Å². The predicted octanol–water partition coefficient (Wildman–Crippen LogP) is 2.30. The zero-order valence-corrected chi connectivity index (χ0v) is 13.8. The van der Waals surface area contributed by atoms with E-state index in [2.05, 4.69) is 5.32 Å². The van der Waals surface area contributed by atoms with Gasteiger partial charge in [-0.05, 0) is 24.3 Å². The standard InChI is InChI=1S/C18H17F2N3O2/c1-21-16(24)10-23-15-6-4-3-5-13(15)18(25)22(2)17(23)12-8-7-11(19)9-14(12)20/h3-9,17H,10H2,1-2H3,(H,21,24). The molecule has 7 heteroatoms. The third kappa shape index (κ3) is 2.93. The van der Waals surface area contributed by atoms with Gasteiger partial charge in [0.25, 0.3) is 5.91 Å². The van der Waals surface area contributed by atoms with Gasteiger partial charge in [0.05, 0.1) is 17.8 Å². The van der Waals surface area contributed by atoms with E-state index in [4.69, 9.17) is 0 Å². The van der Waals surface area contributed by atoms with E-state index in [1.54, 1.807) is 29.2 Å². The second-order valence-electron chi connectivity index (χ2n) is 5.77. The minimum absolute atomic E-state index is 0.0768. The van der Waals surface area contributed by atoms with Crippen LogP contribution in [0, 0.1) is 11.6 Å². The van der Waals surface area contributed by atoms with Gasteiger partial charge in [0, 0.05) is 25.7 Å². The van der Waals surface area contributed by atoms with Crippen molar-refractivity contribution in [3.8, 4) is 0 Å². The number of rotatable bonds is 3. The van der Waals surface area contributed by atoms with Crippen LogP contribution in [0.15, 0.2) is 42.5 Å². The summed E-state index contributed by atoms with van der Waals surface area (Å²) in [4.78, 5) is 27.6. The molecule has 0 radical (unpaired) electrons. The maximum absolute atomic E-state index is 14.4. The highest BCUT2D eigenvalue weighted by molar-refractivity contribution is 6.02. The molecule has 25 heavy (non-hydrogen) atoms. The number of hydrogen-bond donors (Lipinski definition) is 1. The first kappa shape index (κ1) is 16.9. The number of nitrogens with one attached hydrogen (secondary N) is 1. The van der Waals surface area contributed by atoms with Crippen molar-refractivity contribution in [2.24, 2.45) is 0 Å². The monoisotopic (exact) mass is 345 g/mol. The third-order valence-electron chi connectivity index (χ3n) is 4.26. The van der Waals surface area contributed by atoms with Gasteiger partial charge in [0.2, 0.25) is 5.91 Å². The second kappa shape index (κ2) is 6.51. The maximum atomic E-state index is 14.4. The highest BCUT2D eigenvalue weighted by Crippen LogP contribution is 2.38. The van der Waals surface area contributed by atoms with Crippen LogP contribution in [-0.2, 0) is 4.79 Å². The Morgan fingerprint density at radius 2 is 1.92 bits per heavy atom. The third-order valence-corrected chi connectivity index (χ3v) is 4.26. The lowest BCUT2D eigenvalue weighted by molar-refractivity contribution is -0.119. The molecule has 0 spiro atoms. The fraction of sp³-hybridized carbons (Fsp3) is 0.222. The Bertz CT molecular complexity index is 841. The number of likely N-dealkylation sites (N-methyl/N-ethyl adjacent to an activating group) is 1. The van der Waals surface area contributed by atoms with Crippen LogP contribution in [0.25, 0.3) is 0 Å². The minimum Gasteiger partial charge on any atom is -0.358 e. The Labute approximate surface area is 143 Å². The molecule has 1 atom stereocenters. The Hall–Kier alpha value is -2.96. The van der Waals surface area contributed by atoms with Gasteiger partial charge in [-0.15, -0.1) is 0 Å². The van der Waals surface area contributed by atoms with Crippen LogP contribution in [0.1, 0.15) is 22.1 Å². The molecule has 2 aromatic rings. The molecule has 0 aromatic heterocycles. The molecular weight excluding hydrogens is 328 g/mol. The lowest BCUT2D eigenvalue weighted by atomic mass is 10.0. The van der Waals surface area contributed by atoms with Crippen LogP contribution in [-0.4, -0.2) is 37.4 Å². The number of halogens is 2. The maximum Gasteiger partial charge on any atom is 0.257 e. The summed E-state index contributed by atoms with van der Waals surface area (Å²) in [6, 6.07) is 10.0. The molecule has 0 saturated heterocycles. The summed E-state index contributed by atoms with van der Waals surface area (Å²) in [7, 11) is 3.03. The van der Waals surface area contributed by atoms with Gasteiger partial charge < -0.3 is 15.1 Å². The summed E-state index contributed by atoms with van der Waals surface area (Å²) in [5, 5.41) is 2.53. The van der Waals surface area contributed by atoms with Gasteiger partial charge in [-0.1, -0.05) is 12.1 Å². The van der Waals surface area contributed by atoms with Crippen molar-refractivity contribution in [1.82, 2.24) is 10.2 Å². The van der Waals surface area contributed by atoms with E-state index in [9.17, 15) is 18.4 Å². The van der Waals surface area contributed by atoms with Crippen molar-refractivity contribution in [2.45, 2.75) is 6.17 Å². The fourth-order valence-electron chi connectivity index (χ4n) is 3.04. The molecule has 0 aliphatic carbocycles. The number of fused-ring (bicyclic) bond motifs is 1. The number of nitrogens with zero attached hydrogens (tertiary/aromatic N) is 2. The van der Waals surface area contributed by atoms with E-state index in [1.807, 2.05) is 0 Å². The van der Waals surface area contributed by atoms with Crippen molar-refractivity contribution in [3.05, 3.63) is 65.2 Å². The number of para-hydroxylation sites is 1. The van der Waals surface area contributed by atoms with E-state index in [0.717, 1.165) is 12.1 Å². The Morgan fingerprint density at radius 1 is 1.20 bits per heavy atom. The van der Waals surface area contributed by atoms with Crippen LogP contribution >= 0.6 is 0 Å². The molecule has 0 saturated carbocycles. The number of amides is 2. The highest BCUT2D eigenvalue weighted by Gasteiger charge is 2.38. The number of anilines is 1. The Kier molecular flexibility index (Phi) is 4.39. The average molecular weight is 345 g/mol. The summed E-state index contributed by atoms with van der Waals surface area (Å²) in [6.45, 7) is -0.0768. The second-order valence-corrected chi connectivity index (χ2v) is 5.77. The molecule has 5 nitrogen and oxygen atoms in total. The number of carbonyl (C=O) groups is 2. The van der Waals surface area contributed by atoms with Gasteiger partial charge in [0.15, 0.2) is 0 Å². The van der Waals surface area contributed by atoms with Crippen LogP contribution in [0.4, 0.5) is 14.5 Å². The molecule has 2 aromatic carbocycles. The molecule has 1 aliphatic heterocycles. The Morgan fingerprint density at radius 3 is 2.60 bits per heavy atom. The van der Waals surface area contributed by atoms with Gasteiger partial charge in [-0.2, -0.15) is 0 Å². The quantitative estimate of drug-likeness (QED) is 0.929. The number of benzene rings is 2. The SMILES string of the molecule is CNC(=O)CN1c2ccccc2C(=O)N(C)C1c1ccc(F)cc1F. The van der Waals surface area contributed by atoms with Crippen molar-refractivity contribution >= 4 is 17.5 Å². The fourth-order valence-corrected chi connectivity index (χ4v) is 3.04. The van der Waals surface area contributed by atoms with Crippen molar-refractivity contribution < 1.29 is 18.4 Å². The molecule has 2 amide bonds. The van der Waals surface area contributed by atoms with E-state index < -0.39 is 17.8 Å². The molecule has 0 fully saturated rings. The largest absolute Gasteiger partial charge is 0.358 e. The number of carbonyl (C=O) groups excluding carboxylic acids is 2. The molecular formula is C18H17F2N3O2. The average Bonchev–Trinajstić information content (AvgIpc) is 2.60. The first-order chi connectivity index (χ1) is 11.9. The van der Waals surface area contributed by atoms with E-state index in [0.29, 0.717) is 11.3 Å². The summed E-state index contributed by atoms with van der Waals surface area (Å²) in [5.74, 6) is -2.06. The lowest BCUT2D eigenvalue weighted by Gasteiger charge is -2.43. The van der Waals surface area contributed by atoms with Gasteiger partial charge in [0.1, 0.15) is 17.8 Å². The van der Waals surface area contributed by atoms with E-state index in [-0.39, 0.29) is 23.9 Å². The van der Waals surface area contributed by atoms with Crippen LogP contribution in [0.2, 0.25) is 0 Å². The molecule has 1 N–H and O–H groups in total. The van der Waals surface area contributed by atoms with Crippen molar-refractivity contribution in [2.75, 3.05) is 25.5 Å². The van der Waals surface area contributed by atoms with Crippen LogP contribution < -0.4 is 10.2 Å². The smallest absolute Gasteiger partial charge is 0.257 e. The van der Waals surface area contributed by atoms with Gasteiger partial charge in [-0.25, -0.2) is 8.78 Å². The van der Waals surface area contributed by atoms with Crippen molar-refractivity contribution in [1.29, 1.82) is 0 Å². The molecule has 0 bridgehead atoms. The lowest BCUT2D eigenvalue weighted by Crippen LogP contribution is -2.50. The van der Waals surface area contributed by atoms with E-state index in [1.165, 1.54) is 25.1 Å². The summed E-state index contributed by atoms with van der Waals surface area (Å²) in [6.07, 6.45) is -0.861. The molecule has 130 valence electrons. The zero-order valence-electron chi connectivity index (χ0n) is 13.8. The molecule has 1 unspecified atom stereocenters. The van der Waals surface area contributed by atoms with Crippen LogP contribution in [0.3, 0.4) is 0 Å².